The molecule has 40 heavy (non-hydrogen) atoms. The Morgan fingerprint density at radius 1 is 0.950 bits per heavy atom. The van der Waals surface area contributed by atoms with Crippen LogP contribution in [-0.2, 0) is 18.3 Å². The van der Waals surface area contributed by atoms with Crippen molar-refractivity contribution >= 4 is 16.6 Å². The van der Waals surface area contributed by atoms with Crippen LogP contribution in [0.5, 0.6) is 0 Å². The molecule has 0 radical (unpaired) electrons. The van der Waals surface area contributed by atoms with E-state index in [0.29, 0.717) is 23.7 Å². The van der Waals surface area contributed by atoms with Gasteiger partial charge in [-0.3, -0.25) is 0 Å². The minimum Gasteiger partial charge on any atom is -0.413 e. The molecule has 4 nitrogen and oxygen atoms in total. The van der Waals surface area contributed by atoms with Gasteiger partial charge in [0.05, 0.1) is 25.4 Å². The smallest absolute Gasteiger partial charge is 0.192 e. The number of rotatable bonds is 8. The summed E-state index contributed by atoms with van der Waals surface area (Å²) in [5.41, 5.74) is 0.0854. The summed E-state index contributed by atoms with van der Waals surface area (Å²) in [5.74, 6) is 7.74. The first-order chi connectivity index (χ1) is 18.1. The molecule has 6 heteroatoms. The fourth-order valence-corrected chi connectivity index (χ4v) is 8.71. The minimum atomic E-state index is -1.96. The highest BCUT2D eigenvalue weighted by Gasteiger charge is 2.58. The Bertz CT molecular complexity index is 949. The van der Waals surface area contributed by atoms with Gasteiger partial charge < -0.3 is 18.3 Å². The van der Waals surface area contributed by atoms with Gasteiger partial charge in [-0.05, 0) is 67.4 Å². The van der Waals surface area contributed by atoms with Crippen LogP contribution >= 0.6 is 0 Å². The fraction of sp³-hybridized carbons (Fsp3) is 0.882. The highest BCUT2D eigenvalue weighted by molar-refractivity contribution is 6.74. The summed E-state index contributed by atoms with van der Waals surface area (Å²) in [4.78, 5) is 0. The number of hydrogen-bond donors (Lipinski definition) is 0. The lowest BCUT2D eigenvalue weighted by molar-refractivity contribution is -0.298. The van der Waals surface area contributed by atoms with Gasteiger partial charge in [0.25, 0.3) is 0 Å². The lowest BCUT2D eigenvalue weighted by atomic mass is 9.89. The van der Waals surface area contributed by atoms with Crippen molar-refractivity contribution in [1.29, 1.82) is 0 Å². The van der Waals surface area contributed by atoms with Gasteiger partial charge in [-0.2, -0.15) is 0 Å². The van der Waals surface area contributed by atoms with Crippen LogP contribution in [0.2, 0.25) is 36.3 Å². The quantitative estimate of drug-likeness (QED) is 0.160. The van der Waals surface area contributed by atoms with Crippen LogP contribution in [0.15, 0.2) is 12.2 Å². The minimum absolute atomic E-state index is 0.0488. The third-order valence-electron chi connectivity index (χ3n) is 10.8. The van der Waals surface area contributed by atoms with Gasteiger partial charge >= 0.3 is 0 Å². The van der Waals surface area contributed by atoms with Crippen LogP contribution in [0.25, 0.3) is 0 Å². The van der Waals surface area contributed by atoms with Crippen molar-refractivity contribution in [3.8, 4) is 11.8 Å². The molecule has 0 amide bonds. The third-order valence-corrected chi connectivity index (χ3v) is 19.8. The van der Waals surface area contributed by atoms with E-state index in [1.54, 1.807) is 0 Å². The predicted molar refractivity (Wildman–Crippen MR) is 173 cm³/mol. The SMILES string of the molecule is CC#CCC(C)[C@@H](C=C[C@@H]1[C@H]2CC3(C[C@H]2C[C@H]1O[Si](C)(C)C(C)(C)C)OCC(C)(C)CO3)O[Si](C)(C)C(C)(C)C. The highest BCUT2D eigenvalue weighted by Crippen LogP contribution is 2.57. The Morgan fingerprint density at radius 3 is 2.05 bits per heavy atom. The van der Waals surface area contributed by atoms with E-state index in [1.807, 2.05) is 6.92 Å². The lowest BCUT2D eigenvalue weighted by Crippen LogP contribution is -2.48. The number of hydrogen-bond acceptors (Lipinski definition) is 4. The van der Waals surface area contributed by atoms with Gasteiger partial charge in [-0.25, -0.2) is 0 Å². The second-order valence-corrected chi connectivity index (χ2v) is 26.6. The molecule has 2 aliphatic carbocycles. The van der Waals surface area contributed by atoms with Crippen molar-refractivity contribution in [2.45, 2.75) is 149 Å². The Balaban J connectivity index is 1.91. The summed E-state index contributed by atoms with van der Waals surface area (Å²) in [6.07, 6.45) is 9.06. The molecule has 1 unspecified atom stereocenters. The topological polar surface area (TPSA) is 36.9 Å². The van der Waals surface area contributed by atoms with Crippen molar-refractivity contribution in [3.05, 3.63) is 12.2 Å². The highest BCUT2D eigenvalue weighted by atomic mass is 28.4. The van der Waals surface area contributed by atoms with Crippen LogP contribution in [0, 0.1) is 40.9 Å². The van der Waals surface area contributed by atoms with Crippen molar-refractivity contribution < 1.29 is 18.3 Å². The standard InChI is InChI=1S/C34H62O4Si2/c1-15-16-17-25(2)29(37-39(11,12)31(3,4)5)19-18-27-28-22-34(35-23-33(9,10)24-36-34)21-26(28)20-30(27)38-40(13,14)32(6,7)8/h18-19,25-30H,17,20-24H2,1-14H3/t25?,26-,27-,28+,29-,30-/m1/s1. The summed E-state index contributed by atoms with van der Waals surface area (Å²) in [7, 11) is -3.89. The van der Waals surface area contributed by atoms with E-state index in [0.717, 1.165) is 38.9 Å². The first-order valence-electron chi connectivity index (χ1n) is 15.8. The van der Waals surface area contributed by atoms with E-state index >= 15 is 0 Å². The summed E-state index contributed by atoms with van der Waals surface area (Å²) in [6.45, 7) is 33.8. The monoisotopic (exact) mass is 590 g/mol. The van der Waals surface area contributed by atoms with E-state index in [9.17, 15) is 0 Å². The van der Waals surface area contributed by atoms with E-state index in [4.69, 9.17) is 18.3 Å². The maximum atomic E-state index is 7.19. The van der Waals surface area contributed by atoms with Crippen LogP contribution in [0.4, 0.5) is 0 Å². The zero-order valence-electron chi connectivity index (χ0n) is 28.5. The first-order valence-corrected chi connectivity index (χ1v) is 21.7. The third kappa shape index (κ3) is 7.74. The summed E-state index contributed by atoms with van der Waals surface area (Å²) in [5, 5.41) is 0.339. The predicted octanol–water partition coefficient (Wildman–Crippen LogP) is 9.19. The van der Waals surface area contributed by atoms with Crippen LogP contribution < -0.4 is 0 Å². The Labute approximate surface area is 250 Å². The van der Waals surface area contributed by atoms with Gasteiger partial charge in [-0.15, -0.1) is 11.8 Å². The molecule has 3 fully saturated rings. The molecule has 1 spiro atoms. The summed E-state index contributed by atoms with van der Waals surface area (Å²) >= 11 is 0. The molecule has 0 aromatic rings. The van der Waals surface area contributed by atoms with Crippen molar-refractivity contribution in [2.24, 2.45) is 29.1 Å². The van der Waals surface area contributed by atoms with Crippen molar-refractivity contribution in [3.63, 3.8) is 0 Å². The first kappa shape index (κ1) is 34.1. The normalized spacial score (nSPS) is 30.2. The van der Waals surface area contributed by atoms with E-state index in [-0.39, 0.29) is 27.7 Å². The molecule has 0 bridgehead atoms. The van der Waals surface area contributed by atoms with Crippen LogP contribution in [-0.4, -0.2) is 47.8 Å². The Kier molecular flexibility index (Phi) is 10.2. The lowest BCUT2D eigenvalue weighted by Gasteiger charge is -2.43. The molecular formula is C34H62O4Si2. The van der Waals surface area contributed by atoms with Crippen molar-refractivity contribution in [2.75, 3.05) is 13.2 Å². The molecule has 1 aliphatic heterocycles. The molecular weight excluding hydrogens is 529 g/mol. The van der Waals surface area contributed by atoms with E-state index in [1.165, 1.54) is 0 Å². The Morgan fingerprint density at radius 2 is 1.52 bits per heavy atom. The summed E-state index contributed by atoms with van der Waals surface area (Å²) < 4.78 is 27.3. The average molecular weight is 591 g/mol. The van der Waals surface area contributed by atoms with E-state index < -0.39 is 22.4 Å². The molecule has 0 aromatic heterocycles. The molecule has 0 aromatic carbocycles. The molecule has 3 rings (SSSR count). The van der Waals surface area contributed by atoms with E-state index in [2.05, 4.69) is 112 Å². The molecule has 3 aliphatic rings. The van der Waals surface area contributed by atoms with Gasteiger partial charge in [0.15, 0.2) is 22.4 Å². The number of ether oxygens (including phenoxy) is 2. The summed E-state index contributed by atoms with van der Waals surface area (Å²) in [6, 6.07) is 0. The maximum absolute atomic E-state index is 7.19. The van der Waals surface area contributed by atoms with Crippen LogP contribution in [0.1, 0.15) is 94.9 Å². The molecule has 2 saturated carbocycles. The van der Waals surface area contributed by atoms with Gasteiger partial charge in [0.2, 0.25) is 0 Å². The van der Waals surface area contributed by atoms with Crippen LogP contribution in [0.3, 0.4) is 0 Å². The molecule has 1 heterocycles. The molecule has 230 valence electrons. The molecule has 0 N–H and O–H groups in total. The zero-order chi connectivity index (χ0) is 30.4. The zero-order valence-corrected chi connectivity index (χ0v) is 30.5. The largest absolute Gasteiger partial charge is 0.413 e. The van der Waals surface area contributed by atoms with Gasteiger partial charge in [0, 0.05) is 30.6 Å². The molecule has 1 saturated heterocycles. The Hall–Kier alpha value is -0.426. The fourth-order valence-electron chi connectivity index (χ4n) is 6.00. The maximum Gasteiger partial charge on any atom is 0.192 e. The molecule has 6 atom stereocenters. The average Bonchev–Trinajstić information content (AvgIpc) is 3.29. The number of fused-ring (bicyclic) bond motifs is 1. The second kappa shape index (κ2) is 11.9. The second-order valence-electron chi connectivity index (χ2n) is 17.0. The van der Waals surface area contributed by atoms with Crippen molar-refractivity contribution in [1.82, 2.24) is 0 Å². The van der Waals surface area contributed by atoms with Gasteiger partial charge in [-0.1, -0.05) is 74.5 Å². The van der Waals surface area contributed by atoms with Gasteiger partial charge in [0.1, 0.15) is 0 Å².